The van der Waals surface area contributed by atoms with Gasteiger partial charge in [0.1, 0.15) is 5.69 Å². The van der Waals surface area contributed by atoms with E-state index < -0.39 is 18.1 Å². The molecule has 37 heavy (non-hydrogen) atoms. The van der Waals surface area contributed by atoms with Crippen LogP contribution in [0.4, 0.5) is 13.2 Å². The predicted molar refractivity (Wildman–Crippen MR) is 131 cm³/mol. The van der Waals surface area contributed by atoms with Crippen molar-refractivity contribution >= 4 is 33.9 Å². The van der Waals surface area contributed by atoms with Crippen LogP contribution >= 0.6 is 0 Å². The van der Waals surface area contributed by atoms with Crippen LogP contribution in [-0.2, 0) is 22.6 Å². The second-order valence-corrected chi connectivity index (χ2v) is 7.90. The summed E-state index contributed by atoms with van der Waals surface area (Å²) in [6.07, 6.45) is -2.46. The number of nitrogens with zero attached hydrogens (tertiary/aromatic N) is 3. The van der Waals surface area contributed by atoms with Gasteiger partial charge in [-0.25, -0.2) is 14.6 Å². The van der Waals surface area contributed by atoms with Gasteiger partial charge in [0.2, 0.25) is 0 Å². The number of alkyl halides is 3. The normalized spacial score (nSPS) is 11.3. The molecule has 0 bridgehead atoms. The average Bonchev–Trinajstić information content (AvgIpc) is 3.25. The minimum atomic E-state index is -5.08. The Balaban J connectivity index is 0.000000479. The number of benzene rings is 2. The van der Waals surface area contributed by atoms with Crippen molar-refractivity contribution in [1.29, 1.82) is 0 Å². The standard InChI is InChI=1S/C23H24N4O3.C2HF3O2/c1-3-26-14-17(16-7-4-5-8-19(16)26)21-22(28)27(12-6-11-24)20-13-15(23(29)30-2)9-10-18(20)25-21;3-2(4,5)1(6)7/h4-5,7-10,13-14H,3,6,11-12,24H2,1-2H3;(H,6,7). The molecule has 4 aromatic rings. The molecular weight excluding hydrogens is 493 g/mol. The lowest BCUT2D eigenvalue weighted by Gasteiger charge is -2.13. The Labute approximate surface area is 208 Å². The molecule has 9 nitrogen and oxygen atoms in total. The lowest BCUT2D eigenvalue weighted by molar-refractivity contribution is -0.192. The van der Waals surface area contributed by atoms with Crippen molar-refractivity contribution in [2.24, 2.45) is 5.73 Å². The molecule has 2 aromatic heterocycles. The molecular formula is C25H25F3N4O5. The number of hydrogen-bond acceptors (Lipinski definition) is 6. The number of methoxy groups -OCH3 is 1. The van der Waals surface area contributed by atoms with Crippen LogP contribution in [0.3, 0.4) is 0 Å². The summed E-state index contributed by atoms with van der Waals surface area (Å²) in [5.41, 5.74) is 9.39. The van der Waals surface area contributed by atoms with Gasteiger partial charge in [0.25, 0.3) is 5.56 Å². The number of carbonyl (C=O) groups excluding carboxylic acids is 1. The fraction of sp³-hybridized carbons (Fsp3) is 0.280. The highest BCUT2D eigenvalue weighted by molar-refractivity contribution is 5.97. The summed E-state index contributed by atoms with van der Waals surface area (Å²) in [5, 5.41) is 8.11. The van der Waals surface area contributed by atoms with Gasteiger partial charge in [0, 0.05) is 35.8 Å². The highest BCUT2D eigenvalue weighted by atomic mass is 19.4. The number of fused-ring (bicyclic) bond motifs is 2. The van der Waals surface area contributed by atoms with Gasteiger partial charge in [0.05, 0.1) is 23.7 Å². The fourth-order valence-electron chi connectivity index (χ4n) is 3.83. The monoisotopic (exact) mass is 518 g/mol. The van der Waals surface area contributed by atoms with Crippen molar-refractivity contribution < 1.29 is 32.6 Å². The summed E-state index contributed by atoms with van der Waals surface area (Å²) >= 11 is 0. The van der Waals surface area contributed by atoms with Gasteiger partial charge >= 0.3 is 18.1 Å². The highest BCUT2D eigenvalue weighted by Gasteiger charge is 2.38. The van der Waals surface area contributed by atoms with E-state index >= 15 is 0 Å². The number of esters is 1. The minimum absolute atomic E-state index is 0.197. The Hall–Kier alpha value is -4.19. The summed E-state index contributed by atoms with van der Waals surface area (Å²) in [6.45, 7) is 3.76. The van der Waals surface area contributed by atoms with Gasteiger partial charge in [-0.1, -0.05) is 18.2 Å². The predicted octanol–water partition coefficient (Wildman–Crippen LogP) is 3.81. The number of ether oxygens (including phenoxy) is 1. The maximum atomic E-state index is 13.5. The summed E-state index contributed by atoms with van der Waals surface area (Å²) in [5.74, 6) is -3.21. The average molecular weight is 518 g/mol. The number of carboxylic acid groups (broad SMARTS) is 1. The Morgan fingerprint density at radius 2 is 1.81 bits per heavy atom. The molecule has 2 heterocycles. The van der Waals surface area contributed by atoms with Crippen LogP contribution in [0.2, 0.25) is 0 Å². The quantitative estimate of drug-likeness (QED) is 0.371. The number of aryl methyl sites for hydroxylation is 2. The first kappa shape index (κ1) is 27.4. The Morgan fingerprint density at radius 3 is 2.41 bits per heavy atom. The second kappa shape index (κ2) is 11.2. The van der Waals surface area contributed by atoms with Crippen LogP contribution in [0.1, 0.15) is 23.7 Å². The number of aliphatic carboxylic acids is 1. The first-order chi connectivity index (χ1) is 17.5. The first-order valence-corrected chi connectivity index (χ1v) is 11.2. The van der Waals surface area contributed by atoms with Crippen LogP contribution in [0, 0.1) is 0 Å². The fourth-order valence-corrected chi connectivity index (χ4v) is 3.83. The lowest BCUT2D eigenvalue weighted by Crippen LogP contribution is -2.25. The van der Waals surface area contributed by atoms with E-state index in [2.05, 4.69) is 11.5 Å². The number of hydrogen-bond donors (Lipinski definition) is 2. The van der Waals surface area contributed by atoms with Gasteiger partial charge < -0.3 is 24.7 Å². The first-order valence-electron chi connectivity index (χ1n) is 11.2. The maximum absolute atomic E-state index is 13.5. The number of carbonyl (C=O) groups is 2. The van der Waals surface area contributed by atoms with Gasteiger partial charge in [-0.2, -0.15) is 13.2 Å². The molecule has 0 aliphatic carbocycles. The number of aromatic nitrogens is 3. The topological polar surface area (TPSA) is 129 Å². The van der Waals surface area contributed by atoms with Crippen molar-refractivity contribution in [3.05, 3.63) is 64.6 Å². The SMILES string of the molecule is CCn1cc(-c2nc3ccc(C(=O)OC)cc3n(CCCN)c2=O)c2ccccc21.O=C(O)C(F)(F)F. The zero-order valence-corrected chi connectivity index (χ0v) is 20.1. The van der Waals surface area contributed by atoms with E-state index in [1.165, 1.54) is 7.11 Å². The molecule has 2 aromatic carbocycles. The summed E-state index contributed by atoms with van der Waals surface area (Å²) < 4.78 is 40.3. The summed E-state index contributed by atoms with van der Waals surface area (Å²) in [4.78, 5) is 39.1. The van der Waals surface area contributed by atoms with Crippen molar-refractivity contribution in [2.45, 2.75) is 32.6 Å². The molecule has 3 N–H and O–H groups in total. The van der Waals surface area contributed by atoms with E-state index in [9.17, 15) is 22.8 Å². The second-order valence-electron chi connectivity index (χ2n) is 7.90. The number of carboxylic acids is 1. The lowest BCUT2D eigenvalue weighted by atomic mass is 10.1. The molecule has 0 saturated heterocycles. The van der Waals surface area contributed by atoms with Crippen LogP contribution in [-0.4, -0.2) is 51.0 Å². The molecule has 0 spiro atoms. The number of rotatable bonds is 6. The third-order valence-corrected chi connectivity index (χ3v) is 5.58. The van der Waals surface area contributed by atoms with Crippen LogP contribution in [0.15, 0.2) is 53.5 Å². The third-order valence-electron chi connectivity index (χ3n) is 5.58. The Morgan fingerprint density at radius 1 is 1.14 bits per heavy atom. The minimum Gasteiger partial charge on any atom is -0.475 e. The Bertz CT molecular complexity index is 1510. The van der Waals surface area contributed by atoms with Crippen LogP contribution in [0.5, 0.6) is 0 Å². The molecule has 0 atom stereocenters. The van der Waals surface area contributed by atoms with Crippen LogP contribution < -0.4 is 11.3 Å². The molecule has 4 rings (SSSR count). The van der Waals surface area contributed by atoms with Gasteiger partial charge in [-0.3, -0.25) is 4.79 Å². The maximum Gasteiger partial charge on any atom is 0.490 e. The molecule has 0 radical (unpaired) electrons. The molecule has 0 aliphatic heterocycles. The molecule has 0 saturated carbocycles. The smallest absolute Gasteiger partial charge is 0.475 e. The zero-order valence-electron chi connectivity index (χ0n) is 20.1. The van der Waals surface area contributed by atoms with Crippen molar-refractivity contribution in [1.82, 2.24) is 14.1 Å². The molecule has 12 heteroatoms. The Kier molecular flexibility index (Phi) is 8.33. The summed E-state index contributed by atoms with van der Waals surface area (Å²) in [7, 11) is 1.33. The largest absolute Gasteiger partial charge is 0.490 e. The zero-order chi connectivity index (χ0) is 27.3. The molecule has 0 fully saturated rings. The molecule has 196 valence electrons. The molecule has 0 aliphatic rings. The molecule has 0 amide bonds. The van der Waals surface area contributed by atoms with Gasteiger partial charge in [0.15, 0.2) is 0 Å². The number of nitrogens with two attached hydrogens (primary N) is 1. The third kappa shape index (κ3) is 5.80. The van der Waals surface area contributed by atoms with Crippen molar-refractivity contribution in [2.75, 3.05) is 13.7 Å². The number of halogens is 3. The van der Waals surface area contributed by atoms with Gasteiger partial charge in [-0.05, 0) is 44.2 Å². The highest BCUT2D eigenvalue weighted by Crippen LogP contribution is 2.29. The van der Waals surface area contributed by atoms with Crippen molar-refractivity contribution in [3.8, 4) is 11.3 Å². The van der Waals surface area contributed by atoms with E-state index in [0.717, 1.165) is 23.0 Å². The van der Waals surface area contributed by atoms with Gasteiger partial charge in [-0.15, -0.1) is 0 Å². The van der Waals surface area contributed by atoms with E-state index in [1.54, 1.807) is 22.8 Å². The van der Waals surface area contributed by atoms with E-state index in [0.29, 0.717) is 41.8 Å². The van der Waals surface area contributed by atoms with E-state index in [-0.39, 0.29) is 5.56 Å². The van der Waals surface area contributed by atoms with Crippen molar-refractivity contribution in [3.63, 3.8) is 0 Å². The summed E-state index contributed by atoms with van der Waals surface area (Å²) in [6, 6.07) is 13.1. The number of para-hydroxylation sites is 1. The van der Waals surface area contributed by atoms with E-state index in [1.807, 2.05) is 30.5 Å². The molecule has 0 unspecified atom stereocenters. The van der Waals surface area contributed by atoms with E-state index in [4.69, 9.17) is 25.4 Å². The van der Waals surface area contributed by atoms with Crippen LogP contribution in [0.25, 0.3) is 33.2 Å².